The van der Waals surface area contributed by atoms with E-state index in [9.17, 15) is 38.4 Å². The molecule has 0 radical (unpaired) electrons. The first-order valence-corrected chi connectivity index (χ1v) is 14.4. The van der Waals surface area contributed by atoms with Crippen LogP contribution in [0.15, 0.2) is 0 Å². The van der Waals surface area contributed by atoms with E-state index >= 15 is 0 Å². The summed E-state index contributed by atoms with van der Waals surface area (Å²) in [7, 11) is 8.45. The van der Waals surface area contributed by atoms with Gasteiger partial charge in [-0.15, -0.1) is 0 Å². The van der Waals surface area contributed by atoms with Crippen LogP contribution in [0.1, 0.15) is 20.8 Å². The fourth-order valence-corrected chi connectivity index (χ4v) is 3.30. The lowest BCUT2D eigenvalue weighted by Crippen LogP contribution is -2.48. The maximum Gasteiger partial charge on any atom is 0.242 e. The topological polar surface area (TPSA) is 209 Å². The van der Waals surface area contributed by atoms with Gasteiger partial charge < -0.3 is 50.1 Å². The molecule has 0 aliphatic carbocycles. The number of hydrogen-bond acceptors (Lipinski definition) is 10. The monoisotopic (exact) mass is 657 g/mol. The van der Waals surface area contributed by atoms with Crippen LogP contribution in [-0.4, -0.2) is 191 Å². The van der Waals surface area contributed by atoms with E-state index in [4.69, 9.17) is 4.79 Å². The minimum absolute atomic E-state index is 0.0774. The van der Waals surface area contributed by atoms with Gasteiger partial charge in [0.1, 0.15) is 6.79 Å². The summed E-state index contributed by atoms with van der Waals surface area (Å²) < 4.78 is 0. The lowest BCUT2D eigenvalue weighted by molar-refractivity contribution is -0.143. The molecule has 3 N–H and O–H groups in total. The number of nitrogens with one attached hydrogen (secondary N) is 3. The van der Waals surface area contributed by atoms with Crippen LogP contribution >= 0.6 is 0 Å². The van der Waals surface area contributed by atoms with Crippen molar-refractivity contribution >= 4 is 54.0 Å². The molecule has 262 valence electrons. The molecule has 0 fully saturated rings. The molecule has 18 heteroatoms. The molecular weight excluding hydrogens is 606 g/mol. The Kier molecular flexibility index (Phi) is 21.6. The van der Waals surface area contributed by atoms with Crippen LogP contribution in [0, 0.1) is 0 Å². The number of carbonyl (C=O) groups excluding carboxylic acids is 9. The largest absolute Gasteiger partial charge is 0.355 e. The number of carbonyl (C=O) groups is 9. The van der Waals surface area contributed by atoms with Gasteiger partial charge in [0.15, 0.2) is 0 Å². The molecule has 46 heavy (non-hydrogen) atoms. The Morgan fingerprint density at radius 1 is 0.478 bits per heavy atom. The van der Waals surface area contributed by atoms with Gasteiger partial charge in [0.2, 0.25) is 47.3 Å². The lowest BCUT2D eigenvalue weighted by Gasteiger charge is -2.25. The van der Waals surface area contributed by atoms with E-state index in [2.05, 4.69) is 16.0 Å². The van der Waals surface area contributed by atoms with Crippen LogP contribution in [0.3, 0.4) is 0 Å². The average Bonchev–Trinajstić information content (AvgIpc) is 2.98. The first-order valence-electron chi connectivity index (χ1n) is 14.4. The van der Waals surface area contributed by atoms with Gasteiger partial charge in [-0.05, 0) is 6.92 Å². The second-order valence-electron chi connectivity index (χ2n) is 10.8. The fraction of sp³-hybridized carbons (Fsp3) is 0.679. The highest BCUT2D eigenvalue weighted by Crippen LogP contribution is 1.96. The molecule has 18 nitrogen and oxygen atoms in total. The molecule has 0 spiro atoms. The van der Waals surface area contributed by atoms with Crippen LogP contribution in [-0.2, 0) is 43.2 Å². The zero-order chi connectivity index (χ0) is 36.1. The minimum atomic E-state index is -0.635. The predicted molar refractivity (Wildman–Crippen MR) is 168 cm³/mol. The minimum Gasteiger partial charge on any atom is -0.355 e. The molecule has 0 saturated heterocycles. The Morgan fingerprint density at radius 2 is 0.761 bits per heavy atom. The van der Waals surface area contributed by atoms with Crippen molar-refractivity contribution in [2.75, 3.05) is 101 Å². The van der Waals surface area contributed by atoms with Crippen LogP contribution in [0.5, 0.6) is 0 Å². The normalized spacial score (nSPS) is 10.0. The second kappa shape index (κ2) is 22.8. The second-order valence-corrected chi connectivity index (χ2v) is 10.8. The van der Waals surface area contributed by atoms with E-state index in [1.54, 1.807) is 6.92 Å². The highest BCUT2D eigenvalue weighted by Gasteiger charge is 2.23. The van der Waals surface area contributed by atoms with Crippen molar-refractivity contribution in [1.29, 1.82) is 0 Å². The number of likely N-dealkylation sites (N-methyl/N-ethyl adjacent to an activating group) is 7. The molecular formula is C28H51N9O9. The smallest absolute Gasteiger partial charge is 0.242 e. The maximum absolute atomic E-state index is 12.5. The lowest BCUT2D eigenvalue weighted by atomic mass is 10.3. The van der Waals surface area contributed by atoms with Gasteiger partial charge >= 0.3 is 0 Å². The molecule has 0 aliphatic rings. The van der Waals surface area contributed by atoms with E-state index in [-0.39, 0.29) is 63.7 Å². The van der Waals surface area contributed by atoms with Crippen LogP contribution in [0.4, 0.5) is 0 Å². The van der Waals surface area contributed by atoms with Gasteiger partial charge in [0.05, 0.1) is 52.4 Å². The Hall–Kier alpha value is -4.61. The number of rotatable bonds is 18. The van der Waals surface area contributed by atoms with Gasteiger partial charge in [-0.1, -0.05) is 13.8 Å². The first-order chi connectivity index (χ1) is 21.4. The third-order valence-electron chi connectivity index (χ3n) is 6.28. The van der Waals surface area contributed by atoms with E-state index < -0.39 is 42.0 Å². The Balaban J connectivity index is 0. The molecule has 0 aromatic rings. The van der Waals surface area contributed by atoms with Crippen molar-refractivity contribution in [2.24, 2.45) is 0 Å². The third kappa shape index (κ3) is 18.3. The Bertz CT molecular complexity index is 1070. The molecule has 0 atom stereocenters. The zero-order valence-corrected chi connectivity index (χ0v) is 28.5. The predicted octanol–water partition coefficient (Wildman–Crippen LogP) is -4.20. The first kappa shape index (κ1) is 43.5. The summed E-state index contributed by atoms with van der Waals surface area (Å²) in [5.41, 5.74) is 0. The van der Waals surface area contributed by atoms with Crippen molar-refractivity contribution in [3.8, 4) is 0 Å². The molecule has 0 aliphatic heterocycles. The van der Waals surface area contributed by atoms with Crippen molar-refractivity contribution in [1.82, 2.24) is 45.3 Å². The van der Waals surface area contributed by atoms with Crippen molar-refractivity contribution in [2.45, 2.75) is 26.8 Å². The summed E-state index contributed by atoms with van der Waals surface area (Å²) >= 11 is 0. The highest BCUT2D eigenvalue weighted by molar-refractivity contribution is 5.92. The molecule has 0 unspecified atom stereocenters. The van der Waals surface area contributed by atoms with Crippen molar-refractivity contribution < 1.29 is 43.2 Å². The molecule has 0 aromatic heterocycles. The van der Waals surface area contributed by atoms with Gasteiger partial charge in [0.25, 0.3) is 0 Å². The van der Waals surface area contributed by atoms with E-state index in [1.807, 2.05) is 20.6 Å². The highest BCUT2D eigenvalue weighted by atomic mass is 16.2. The number of nitrogens with zero attached hydrogens (tertiary/aromatic N) is 6. The van der Waals surface area contributed by atoms with E-state index in [0.717, 1.165) is 19.6 Å². The summed E-state index contributed by atoms with van der Waals surface area (Å²) in [6.45, 7) is 5.87. The molecule has 0 saturated carbocycles. The van der Waals surface area contributed by atoms with Gasteiger partial charge in [-0.25, -0.2) is 0 Å². The quantitative estimate of drug-likeness (QED) is 0.129. The van der Waals surface area contributed by atoms with Crippen LogP contribution < -0.4 is 16.0 Å². The van der Waals surface area contributed by atoms with Gasteiger partial charge in [0, 0.05) is 54.9 Å². The summed E-state index contributed by atoms with van der Waals surface area (Å²) in [5, 5.41) is 7.93. The summed E-state index contributed by atoms with van der Waals surface area (Å²) in [4.78, 5) is 113. The SMILES string of the molecule is C=O.CCNC(=O)CN(C)C(=O)CN(C)C(=O)CN(C)C(=O)CNC(=O)CN(C)C(=O)CN(C)C(=O)CN(C)C(=O)CNC(C)C. The molecule has 0 rings (SSSR count). The zero-order valence-electron chi connectivity index (χ0n) is 28.5. The fourth-order valence-electron chi connectivity index (χ4n) is 3.30. The standard InChI is InChI=1S/C27H49N9O8.CH2O/c1-10-28-20(37)13-31(4)24(41)17-35(8)27(44)16-34(7)23(40)12-30-21(38)14-32(5)25(42)18-36(9)26(43)15-33(6)22(39)11-29-19(2)3;1-2/h19,29H,10-18H2,1-9H3,(H,28,37)(H,30,38);1H2. The summed E-state index contributed by atoms with van der Waals surface area (Å²) in [6, 6.07) is 0.107. The van der Waals surface area contributed by atoms with Gasteiger partial charge in [-0.2, -0.15) is 0 Å². The van der Waals surface area contributed by atoms with Crippen LogP contribution in [0.25, 0.3) is 0 Å². The summed E-state index contributed by atoms with van der Waals surface area (Å²) in [6.07, 6.45) is 0. The van der Waals surface area contributed by atoms with Gasteiger partial charge in [-0.3, -0.25) is 38.4 Å². The average molecular weight is 658 g/mol. The molecule has 8 amide bonds. The van der Waals surface area contributed by atoms with E-state index in [1.165, 1.54) is 52.1 Å². The van der Waals surface area contributed by atoms with E-state index in [0.29, 0.717) is 6.54 Å². The molecule has 0 heterocycles. The molecule has 0 bridgehead atoms. The van der Waals surface area contributed by atoms with Crippen molar-refractivity contribution in [3.63, 3.8) is 0 Å². The molecule has 0 aromatic carbocycles. The van der Waals surface area contributed by atoms with Crippen molar-refractivity contribution in [3.05, 3.63) is 0 Å². The maximum atomic E-state index is 12.5. The third-order valence-corrected chi connectivity index (χ3v) is 6.28. The van der Waals surface area contributed by atoms with Crippen LogP contribution in [0.2, 0.25) is 0 Å². The number of amides is 8. The Morgan fingerprint density at radius 3 is 1.09 bits per heavy atom. The Labute approximate surface area is 270 Å². The summed E-state index contributed by atoms with van der Waals surface area (Å²) in [5.74, 6) is -3.80. The number of hydrogen-bond donors (Lipinski definition) is 3.